The second kappa shape index (κ2) is 12.8. The third-order valence-electron chi connectivity index (χ3n) is 7.96. The number of nitrogens with one attached hydrogen (secondary N) is 2. The lowest BCUT2D eigenvalue weighted by molar-refractivity contribution is -0.130. The van der Waals surface area contributed by atoms with Gasteiger partial charge in [-0.3, -0.25) is 4.79 Å². The molecule has 5 heteroatoms. The smallest absolute Gasteiger partial charge is 0.223 e. The Kier molecular flexibility index (Phi) is 9.48. The van der Waals surface area contributed by atoms with Crippen LogP contribution in [0.3, 0.4) is 0 Å². The van der Waals surface area contributed by atoms with Crippen molar-refractivity contribution in [3.05, 3.63) is 29.3 Å². The summed E-state index contributed by atoms with van der Waals surface area (Å²) in [5.74, 6) is 0.326. The molecule has 1 aliphatic heterocycles. The van der Waals surface area contributed by atoms with Gasteiger partial charge >= 0.3 is 0 Å². The number of rotatable bonds is 10. The Morgan fingerprint density at radius 3 is 2.76 bits per heavy atom. The molecule has 4 rings (SSSR count). The summed E-state index contributed by atoms with van der Waals surface area (Å²) in [5.41, 5.74) is 4.46. The lowest BCUT2D eigenvalue weighted by Crippen LogP contribution is -2.41. The molecular weight excluding hydrogens is 408 g/mol. The third-order valence-corrected chi connectivity index (χ3v) is 7.96. The van der Waals surface area contributed by atoms with Crippen LogP contribution >= 0.6 is 0 Å². The van der Waals surface area contributed by atoms with Crippen LogP contribution in [-0.2, 0) is 17.6 Å². The lowest BCUT2D eigenvalue weighted by Gasteiger charge is -2.36. The van der Waals surface area contributed by atoms with Crippen LogP contribution in [0.1, 0.15) is 82.3 Å². The van der Waals surface area contributed by atoms with E-state index in [-0.39, 0.29) is 0 Å². The van der Waals surface area contributed by atoms with Crippen LogP contribution in [0.5, 0.6) is 0 Å². The van der Waals surface area contributed by atoms with Gasteiger partial charge in [-0.1, -0.05) is 32.3 Å². The third kappa shape index (κ3) is 7.19. The largest absolute Gasteiger partial charge is 0.382 e. The summed E-state index contributed by atoms with van der Waals surface area (Å²) >= 11 is 0. The highest BCUT2D eigenvalue weighted by molar-refractivity contribution is 5.76. The SMILES string of the molecule is CCCN(CCCCN1CCNCCC1=O)C1CCc2ccc(NC3CCCCC3)cc2C1. The maximum atomic E-state index is 12.2. The first-order valence-corrected chi connectivity index (χ1v) is 13.8. The minimum Gasteiger partial charge on any atom is -0.382 e. The van der Waals surface area contributed by atoms with Gasteiger partial charge in [0.1, 0.15) is 0 Å². The van der Waals surface area contributed by atoms with Gasteiger partial charge < -0.3 is 20.4 Å². The molecule has 1 amide bonds. The van der Waals surface area contributed by atoms with E-state index in [4.69, 9.17) is 0 Å². The van der Waals surface area contributed by atoms with E-state index < -0.39 is 0 Å². The van der Waals surface area contributed by atoms with Gasteiger partial charge in [0, 0.05) is 50.4 Å². The molecule has 1 aromatic carbocycles. The monoisotopic (exact) mass is 454 g/mol. The zero-order valence-electron chi connectivity index (χ0n) is 20.9. The number of amides is 1. The van der Waals surface area contributed by atoms with Crippen molar-refractivity contribution in [1.29, 1.82) is 0 Å². The topological polar surface area (TPSA) is 47.6 Å². The average molecular weight is 455 g/mol. The number of fused-ring (bicyclic) bond motifs is 1. The molecule has 0 spiro atoms. The number of hydrogen-bond acceptors (Lipinski definition) is 4. The Labute approximate surface area is 201 Å². The van der Waals surface area contributed by atoms with Crippen molar-refractivity contribution >= 4 is 11.6 Å². The van der Waals surface area contributed by atoms with Gasteiger partial charge in [-0.25, -0.2) is 0 Å². The van der Waals surface area contributed by atoms with Crippen molar-refractivity contribution in [1.82, 2.24) is 15.1 Å². The van der Waals surface area contributed by atoms with Crippen LogP contribution in [0.2, 0.25) is 0 Å². The zero-order valence-corrected chi connectivity index (χ0v) is 20.9. The highest BCUT2D eigenvalue weighted by Gasteiger charge is 2.24. The minimum absolute atomic E-state index is 0.326. The van der Waals surface area contributed by atoms with Gasteiger partial charge in [-0.15, -0.1) is 0 Å². The number of nitrogens with zero attached hydrogens (tertiary/aromatic N) is 2. The van der Waals surface area contributed by atoms with Crippen molar-refractivity contribution in [2.45, 2.75) is 96.1 Å². The van der Waals surface area contributed by atoms with E-state index in [1.807, 2.05) is 0 Å². The predicted molar refractivity (Wildman–Crippen MR) is 138 cm³/mol. The summed E-state index contributed by atoms with van der Waals surface area (Å²) in [6, 6.07) is 8.48. The second-order valence-electron chi connectivity index (χ2n) is 10.5. The summed E-state index contributed by atoms with van der Waals surface area (Å²) in [4.78, 5) is 17.0. The molecule has 1 unspecified atom stereocenters. The number of aryl methyl sites for hydroxylation is 1. The number of anilines is 1. The first kappa shape index (κ1) is 24.5. The Morgan fingerprint density at radius 1 is 1.03 bits per heavy atom. The number of carbonyl (C=O) groups excluding carboxylic acids is 1. The second-order valence-corrected chi connectivity index (χ2v) is 10.5. The predicted octanol–water partition coefficient (Wildman–Crippen LogP) is 4.60. The van der Waals surface area contributed by atoms with Gasteiger partial charge in [0.05, 0.1) is 0 Å². The van der Waals surface area contributed by atoms with Crippen LogP contribution in [0, 0.1) is 0 Å². The molecule has 184 valence electrons. The molecule has 2 aliphatic carbocycles. The maximum absolute atomic E-state index is 12.2. The van der Waals surface area contributed by atoms with E-state index in [1.54, 1.807) is 11.1 Å². The summed E-state index contributed by atoms with van der Waals surface area (Å²) < 4.78 is 0. The van der Waals surface area contributed by atoms with Crippen molar-refractivity contribution in [2.75, 3.05) is 44.6 Å². The summed E-state index contributed by atoms with van der Waals surface area (Å²) in [5, 5.41) is 7.17. The molecule has 2 fully saturated rings. The Bertz CT molecular complexity index is 745. The van der Waals surface area contributed by atoms with Crippen LogP contribution in [0.4, 0.5) is 5.69 Å². The van der Waals surface area contributed by atoms with Crippen LogP contribution in [0.25, 0.3) is 0 Å². The van der Waals surface area contributed by atoms with E-state index in [0.29, 0.717) is 24.4 Å². The molecule has 0 radical (unpaired) electrons. The highest BCUT2D eigenvalue weighted by Crippen LogP contribution is 2.29. The van der Waals surface area contributed by atoms with E-state index in [2.05, 4.69) is 45.6 Å². The molecule has 1 saturated carbocycles. The summed E-state index contributed by atoms with van der Waals surface area (Å²) in [6.45, 7) is 8.21. The zero-order chi connectivity index (χ0) is 22.9. The van der Waals surface area contributed by atoms with Crippen molar-refractivity contribution in [3.8, 4) is 0 Å². The quantitative estimate of drug-likeness (QED) is 0.507. The van der Waals surface area contributed by atoms with E-state index in [9.17, 15) is 4.79 Å². The van der Waals surface area contributed by atoms with Crippen molar-refractivity contribution in [3.63, 3.8) is 0 Å². The maximum Gasteiger partial charge on any atom is 0.223 e. The average Bonchev–Trinajstić information content (AvgIpc) is 3.05. The first-order valence-electron chi connectivity index (χ1n) is 13.8. The standard InChI is InChI=1S/C28H46N4O/c1-2-17-31(18-6-7-19-32-20-16-29-15-14-28(32)33)27-13-11-23-10-12-26(21-24(23)22-27)30-25-8-4-3-5-9-25/h10,12,21,25,27,29-30H,2-9,11,13-20,22H2,1H3. The van der Waals surface area contributed by atoms with Gasteiger partial charge in [-0.2, -0.15) is 0 Å². The van der Waals surface area contributed by atoms with Crippen LogP contribution in [0.15, 0.2) is 18.2 Å². The fraction of sp³-hybridized carbons (Fsp3) is 0.750. The molecule has 0 bridgehead atoms. The van der Waals surface area contributed by atoms with Gasteiger partial charge in [0.2, 0.25) is 5.91 Å². The number of unbranched alkanes of at least 4 members (excludes halogenated alkanes) is 1. The van der Waals surface area contributed by atoms with E-state index in [0.717, 1.165) is 39.1 Å². The molecule has 1 aromatic rings. The molecule has 2 N–H and O–H groups in total. The Balaban J connectivity index is 1.28. The van der Waals surface area contributed by atoms with Crippen molar-refractivity contribution < 1.29 is 4.79 Å². The van der Waals surface area contributed by atoms with Gasteiger partial charge in [-0.05, 0) is 87.7 Å². The van der Waals surface area contributed by atoms with E-state index in [1.165, 1.54) is 76.4 Å². The molecule has 3 aliphatic rings. The summed E-state index contributed by atoms with van der Waals surface area (Å²) in [7, 11) is 0. The molecule has 1 atom stereocenters. The minimum atomic E-state index is 0.326. The van der Waals surface area contributed by atoms with Gasteiger partial charge in [0.15, 0.2) is 0 Å². The van der Waals surface area contributed by atoms with Crippen LogP contribution in [-0.4, -0.2) is 67.1 Å². The first-order chi connectivity index (χ1) is 16.2. The van der Waals surface area contributed by atoms with Crippen LogP contribution < -0.4 is 10.6 Å². The fourth-order valence-electron chi connectivity index (χ4n) is 6.06. The Morgan fingerprint density at radius 2 is 1.91 bits per heavy atom. The highest BCUT2D eigenvalue weighted by atomic mass is 16.2. The number of carbonyl (C=O) groups is 1. The molecule has 33 heavy (non-hydrogen) atoms. The normalized spacial score (nSPS) is 22.3. The number of benzene rings is 1. The van der Waals surface area contributed by atoms with E-state index >= 15 is 0 Å². The Hall–Kier alpha value is -1.59. The molecular formula is C28H46N4O. The molecule has 0 aromatic heterocycles. The fourth-order valence-corrected chi connectivity index (χ4v) is 6.06. The molecule has 5 nitrogen and oxygen atoms in total. The summed E-state index contributed by atoms with van der Waals surface area (Å²) in [6.07, 6.45) is 14.6. The molecule has 1 saturated heterocycles. The lowest BCUT2D eigenvalue weighted by atomic mass is 9.86. The van der Waals surface area contributed by atoms with Gasteiger partial charge in [0.25, 0.3) is 0 Å². The number of hydrogen-bond donors (Lipinski definition) is 2. The molecule has 1 heterocycles. The van der Waals surface area contributed by atoms with Crippen molar-refractivity contribution in [2.24, 2.45) is 0 Å².